The molecule has 25 heavy (non-hydrogen) atoms. The molecule has 1 aromatic carbocycles. The molecule has 0 aliphatic carbocycles. The van der Waals surface area contributed by atoms with E-state index in [1.165, 1.54) is 12.8 Å². The first-order valence-electron chi connectivity index (χ1n) is 8.72. The summed E-state index contributed by atoms with van der Waals surface area (Å²) in [6, 6.07) is 9.04. The molecule has 6 heteroatoms. The van der Waals surface area contributed by atoms with Gasteiger partial charge in [0.25, 0.3) is 5.91 Å². The van der Waals surface area contributed by atoms with Crippen molar-refractivity contribution in [3.8, 4) is 5.75 Å². The van der Waals surface area contributed by atoms with E-state index in [9.17, 15) is 4.79 Å². The van der Waals surface area contributed by atoms with Crippen molar-refractivity contribution in [1.82, 2.24) is 9.97 Å². The number of anilines is 2. The molecular formula is C19H24N4O2. The van der Waals surface area contributed by atoms with E-state index in [4.69, 9.17) is 4.74 Å². The highest BCUT2D eigenvalue weighted by molar-refractivity contribution is 6.03. The summed E-state index contributed by atoms with van der Waals surface area (Å²) in [5.74, 6) is 1.01. The van der Waals surface area contributed by atoms with E-state index in [2.05, 4.69) is 20.2 Å². The lowest BCUT2D eigenvalue weighted by Crippen LogP contribution is -2.27. The highest BCUT2D eigenvalue weighted by Gasteiger charge is 2.17. The second-order valence-corrected chi connectivity index (χ2v) is 6.25. The lowest BCUT2D eigenvalue weighted by atomic mass is 10.2. The number of hydrogen-bond acceptors (Lipinski definition) is 5. The number of nitrogens with one attached hydrogen (secondary N) is 1. The third kappa shape index (κ3) is 4.26. The Morgan fingerprint density at radius 2 is 1.84 bits per heavy atom. The standard InChI is InChI=1S/C19H24N4O2/c1-14-13-16(18(24)21-15-9-5-6-10-17(15)25-2)22-19(20-14)23-11-7-3-4-8-12-23/h5-6,9-10,13H,3-4,7-8,11-12H2,1-2H3,(H,21,24). The predicted molar refractivity (Wildman–Crippen MR) is 98.4 cm³/mol. The molecule has 0 saturated carbocycles. The topological polar surface area (TPSA) is 67.3 Å². The van der Waals surface area contributed by atoms with Gasteiger partial charge in [-0.05, 0) is 38.0 Å². The van der Waals surface area contributed by atoms with Gasteiger partial charge in [-0.2, -0.15) is 0 Å². The summed E-state index contributed by atoms with van der Waals surface area (Å²) in [5.41, 5.74) is 1.79. The van der Waals surface area contributed by atoms with Crippen LogP contribution in [0.2, 0.25) is 0 Å². The van der Waals surface area contributed by atoms with Crippen molar-refractivity contribution >= 4 is 17.5 Å². The van der Waals surface area contributed by atoms with Crippen LogP contribution in [0.3, 0.4) is 0 Å². The molecule has 1 aliphatic heterocycles. The number of aryl methyl sites for hydroxylation is 1. The minimum absolute atomic E-state index is 0.258. The Balaban J connectivity index is 1.82. The van der Waals surface area contributed by atoms with E-state index in [1.807, 2.05) is 25.1 Å². The van der Waals surface area contributed by atoms with Crippen molar-refractivity contribution in [2.45, 2.75) is 32.6 Å². The van der Waals surface area contributed by atoms with Crippen molar-refractivity contribution in [1.29, 1.82) is 0 Å². The summed E-state index contributed by atoms with van der Waals surface area (Å²) < 4.78 is 5.28. The highest BCUT2D eigenvalue weighted by atomic mass is 16.5. The van der Waals surface area contributed by atoms with Crippen LogP contribution in [-0.2, 0) is 0 Å². The monoisotopic (exact) mass is 340 g/mol. The number of hydrogen-bond donors (Lipinski definition) is 1. The maximum atomic E-state index is 12.7. The Bertz CT molecular complexity index is 740. The molecule has 0 atom stereocenters. The van der Waals surface area contributed by atoms with Gasteiger partial charge in [0.1, 0.15) is 11.4 Å². The van der Waals surface area contributed by atoms with E-state index < -0.39 is 0 Å². The van der Waals surface area contributed by atoms with E-state index in [0.717, 1.165) is 31.6 Å². The number of amides is 1. The molecule has 2 heterocycles. The number of aromatic nitrogens is 2. The maximum absolute atomic E-state index is 12.7. The number of nitrogens with zero attached hydrogens (tertiary/aromatic N) is 3. The number of methoxy groups -OCH3 is 1. The van der Waals surface area contributed by atoms with Crippen LogP contribution in [0.5, 0.6) is 5.75 Å². The van der Waals surface area contributed by atoms with E-state index in [-0.39, 0.29) is 5.91 Å². The van der Waals surface area contributed by atoms with Gasteiger partial charge in [-0.15, -0.1) is 0 Å². The molecule has 132 valence electrons. The van der Waals surface area contributed by atoms with Gasteiger partial charge in [-0.3, -0.25) is 4.79 Å². The summed E-state index contributed by atoms with van der Waals surface area (Å²) in [6.45, 7) is 3.77. The first-order valence-corrected chi connectivity index (χ1v) is 8.72. The van der Waals surface area contributed by atoms with Gasteiger partial charge in [0.05, 0.1) is 12.8 Å². The van der Waals surface area contributed by atoms with Crippen molar-refractivity contribution in [3.05, 3.63) is 41.7 Å². The zero-order valence-electron chi connectivity index (χ0n) is 14.8. The van der Waals surface area contributed by atoms with Crippen molar-refractivity contribution < 1.29 is 9.53 Å². The lowest BCUT2D eigenvalue weighted by molar-refractivity contribution is 0.102. The molecule has 1 amide bonds. The number of ether oxygens (including phenoxy) is 1. The quantitative estimate of drug-likeness (QED) is 0.923. The van der Waals surface area contributed by atoms with Gasteiger partial charge in [0, 0.05) is 18.8 Å². The third-order valence-corrected chi connectivity index (χ3v) is 4.32. The number of benzene rings is 1. The second-order valence-electron chi connectivity index (χ2n) is 6.25. The van der Waals surface area contributed by atoms with Gasteiger partial charge < -0.3 is 15.0 Å². The fourth-order valence-electron chi connectivity index (χ4n) is 3.02. The normalized spacial score (nSPS) is 14.7. The molecule has 0 bridgehead atoms. The minimum atomic E-state index is -0.258. The van der Waals surface area contributed by atoms with Crippen molar-refractivity contribution in [2.24, 2.45) is 0 Å². The Morgan fingerprint density at radius 1 is 1.12 bits per heavy atom. The van der Waals surface area contributed by atoms with Crippen molar-refractivity contribution in [2.75, 3.05) is 30.4 Å². The first-order chi connectivity index (χ1) is 12.2. The second kappa shape index (κ2) is 7.96. The number of carbonyl (C=O) groups is 1. The fourth-order valence-corrected chi connectivity index (χ4v) is 3.02. The fraction of sp³-hybridized carbons (Fsp3) is 0.421. The molecule has 1 N–H and O–H groups in total. The minimum Gasteiger partial charge on any atom is -0.495 e. The van der Waals surface area contributed by atoms with E-state index in [0.29, 0.717) is 23.1 Å². The summed E-state index contributed by atoms with van der Waals surface area (Å²) in [4.78, 5) is 23.9. The van der Waals surface area contributed by atoms with E-state index in [1.54, 1.807) is 19.2 Å². The predicted octanol–water partition coefficient (Wildman–Crippen LogP) is 3.43. The molecule has 1 saturated heterocycles. The lowest BCUT2D eigenvalue weighted by Gasteiger charge is -2.21. The van der Waals surface area contributed by atoms with Gasteiger partial charge >= 0.3 is 0 Å². The summed E-state index contributed by atoms with van der Waals surface area (Å²) in [5, 5.41) is 2.87. The average molecular weight is 340 g/mol. The molecule has 2 aromatic rings. The van der Waals surface area contributed by atoms with Gasteiger partial charge in [-0.1, -0.05) is 25.0 Å². The molecule has 0 radical (unpaired) electrons. The van der Waals surface area contributed by atoms with Crippen LogP contribution in [0, 0.1) is 6.92 Å². The number of rotatable bonds is 4. The molecule has 0 spiro atoms. The van der Waals surface area contributed by atoms with Crippen LogP contribution < -0.4 is 15.0 Å². The van der Waals surface area contributed by atoms with E-state index >= 15 is 0 Å². The van der Waals surface area contributed by atoms with Crippen molar-refractivity contribution in [3.63, 3.8) is 0 Å². The van der Waals surface area contributed by atoms with Crippen LogP contribution in [0.4, 0.5) is 11.6 Å². The number of para-hydroxylation sites is 2. The Kier molecular flexibility index (Phi) is 5.48. The number of carbonyl (C=O) groups excluding carboxylic acids is 1. The molecule has 0 unspecified atom stereocenters. The maximum Gasteiger partial charge on any atom is 0.274 e. The smallest absolute Gasteiger partial charge is 0.274 e. The van der Waals surface area contributed by atoms with Crippen LogP contribution in [-0.4, -0.2) is 36.1 Å². The SMILES string of the molecule is COc1ccccc1NC(=O)c1cc(C)nc(N2CCCCCC2)n1. The Hall–Kier alpha value is -2.63. The molecule has 1 aliphatic rings. The largest absolute Gasteiger partial charge is 0.495 e. The Labute approximate surface area is 148 Å². The summed E-state index contributed by atoms with van der Waals surface area (Å²) in [7, 11) is 1.58. The Morgan fingerprint density at radius 3 is 2.56 bits per heavy atom. The molecule has 3 rings (SSSR count). The highest BCUT2D eigenvalue weighted by Crippen LogP contribution is 2.24. The third-order valence-electron chi connectivity index (χ3n) is 4.32. The molecular weight excluding hydrogens is 316 g/mol. The van der Waals surface area contributed by atoms with Crippen LogP contribution >= 0.6 is 0 Å². The molecule has 1 aromatic heterocycles. The summed E-state index contributed by atoms with van der Waals surface area (Å²) in [6.07, 6.45) is 4.76. The zero-order chi connectivity index (χ0) is 17.6. The van der Waals surface area contributed by atoms with Gasteiger partial charge in [-0.25, -0.2) is 9.97 Å². The van der Waals surface area contributed by atoms with Crippen LogP contribution in [0.25, 0.3) is 0 Å². The van der Waals surface area contributed by atoms with Gasteiger partial charge in [0.2, 0.25) is 5.95 Å². The summed E-state index contributed by atoms with van der Waals surface area (Å²) >= 11 is 0. The zero-order valence-corrected chi connectivity index (χ0v) is 14.8. The average Bonchev–Trinajstić information content (AvgIpc) is 2.91. The van der Waals surface area contributed by atoms with Crippen LogP contribution in [0.15, 0.2) is 30.3 Å². The van der Waals surface area contributed by atoms with Gasteiger partial charge in [0.15, 0.2) is 0 Å². The first kappa shape index (κ1) is 17.2. The van der Waals surface area contributed by atoms with Crippen LogP contribution in [0.1, 0.15) is 41.9 Å². The molecule has 6 nitrogen and oxygen atoms in total. The molecule has 1 fully saturated rings.